The summed E-state index contributed by atoms with van der Waals surface area (Å²) in [4.78, 5) is 12.7. The molecule has 0 N–H and O–H groups in total. The van der Waals surface area contributed by atoms with Crippen molar-refractivity contribution >= 4 is 5.78 Å². The predicted octanol–water partition coefficient (Wildman–Crippen LogP) is 7.30. The van der Waals surface area contributed by atoms with E-state index in [1.54, 1.807) is 7.11 Å². The molecule has 4 aliphatic rings. The van der Waals surface area contributed by atoms with E-state index in [-0.39, 0.29) is 11.8 Å². The van der Waals surface area contributed by atoms with Crippen molar-refractivity contribution in [3.8, 4) is 0 Å². The van der Waals surface area contributed by atoms with Gasteiger partial charge < -0.3 is 4.74 Å². The number of Topliss-reactive ketones (excluding diaryl/α,β-unsaturated/α-hetero) is 1. The largest absolute Gasteiger partial charge is 0.378 e. The molecule has 0 bridgehead atoms. The monoisotopic (exact) mass is 419 g/mol. The molecule has 0 aromatic heterocycles. The van der Waals surface area contributed by atoms with Crippen LogP contribution in [0.25, 0.3) is 0 Å². The molecule has 4 rings (SSSR count). The van der Waals surface area contributed by atoms with E-state index < -0.39 is 30.1 Å². The molecule has 172 valence electrons. The van der Waals surface area contributed by atoms with E-state index in [1.165, 1.54) is 38.5 Å². The van der Waals surface area contributed by atoms with Gasteiger partial charge in [-0.1, -0.05) is 47.0 Å². The Balaban J connectivity index is 1.60. The van der Waals surface area contributed by atoms with E-state index in [0.29, 0.717) is 17.3 Å². The van der Waals surface area contributed by atoms with Crippen molar-refractivity contribution in [1.82, 2.24) is 0 Å². The molecular formula is C28H48O2. The number of hydrogen-bond donors (Lipinski definition) is 0. The molecule has 2 nitrogen and oxygen atoms in total. The van der Waals surface area contributed by atoms with Crippen LogP contribution in [0, 0.1) is 52.8 Å². The minimum absolute atomic E-state index is 0.221. The molecule has 0 saturated heterocycles. The summed E-state index contributed by atoms with van der Waals surface area (Å²) in [6.07, 6.45) is 7.78. The van der Waals surface area contributed by atoms with E-state index in [0.717, 1.165) is 37.0 Å². The number of carbonyl (C=O) groups is 1. The van der Waals surface area contributed by atoms with Crippen LogP contribution in [0.5, 0.6) is 0 Å². The van der Waals surface area contributed by atoms with Crippen LogP contribution in [-0.4, -0.2) is 18.5 Å². The average molecular weight is 420 g/mol. The fourth-order valence-electron chi connectivity index (χ4n) is 8.74. The Morgan fingerprint density at radius 1 is 1.03 bits per heavy atom. The first kappa shape index (κ1) is 19.1. The van der Waals surface area contributed by atoms with Crippen LogP contribution in [-0.2, 0) is 9.53 Å². The third-order valence-electron chi connectivity index (χ3n) is 10.4. The molecule has 0 radical (unpaired) electrons. The Labute approximate surface area is 190 Å². The third-order valence-corrected chi connectivity index (χ3v) is 10.4. The second-order valence-electron chi connectivity index (χ2n) is 12.2. The van der Waals surface area contributed by atoms with Crippen molar-refractivity contribution in [2.45, 2.75) is 111 Å². The first-order valence-corrected chi connectivity index (χ1v) is 12.9. The molecule has 0 aliphatic heterocycles. The summed E-state index contributed by atoms with van der Waals surface area (Å²) in [6, 6.07) is 0. The number of hydrogen-bond acceptors (Lipinski definition) is 2. The van der Waals surface area contributed by atoms with Crippen LogP contribution >= 0.6 is 0 Å². The SMILES string of the molecule is [2H][C@H]1C(=O)C([2H])([2H])[C@H]2[C@@H]1CC[C@H]1[C@@H]3CC[C@H]([C@H](C)CCCC(C)C)[C@@]3(C)CC[C@@H]1[C@]2(C)OC. The minimum atomic E-state index is -1.96. The van der Waals surface area contributed by atoms with Crippen molar-refractivity contribution in [3.63, 3.8) is 0 Å². The Morgan fingerprint density at radius 2 is 1.80 bits per heavy atom. The average Bonchev–Trinajstić information content (AvgIpc) is 3.13. The molecule has 0 spiro atoms. The molecule has 0 aromatic rings. The van der Waals surface area contributed by atoms with Crippen LogP contribution < -0.4 is 0 Å². The summed E-state index contributed by atoms with van der Waals surface area (Å²) < 4.78 is 32.2. The van der Waals surface area contributed by atoms with E-state index >= 15 is 0 Å². The number of methoxy groups -OCH3 is 1. The maximum Gasteiger partial charge on any atom is 0.133 e. The van der Waals surface area contributed by atoms with Gasteiger partial charge in [-0.15, -0.1) is 0 Å². The number of fused-ring (bicyclic) bond motifs is 4. The molecule has 10 atom stereocenters. The number of ketones is 1. The second-order valence-corrected chi connectivity index (χ2v) is 12.2. The van der Waals surface area contributed by atoms with Gasteiger partial charge in [0.15, 0.2) is 0 Å². The van der Waals surface area contributed by atoms with Gasteiger partial charge in [0.1, 0.15) is 5.78 Å². The van der Waals surface area contributed by atoms with E-state index in [2.05, 4.69) is 34.6 Å². The Bertz CT molecular complexity index is 739. The maximum atomic E-state index is 12.7. The molecule has 0 heterocycles. The molecule has 4 saturated carbocycles. The first-order chi connectivity index (χ1) is 15.4. The summed E-state index contributed by atoms with van der Waals surface area (Å²) >= 11 is 0. The standard InChI is InChI=1S/C28H48O2/c1-18(2)8-7-9-19(3)23-12-13-24-22-11-10-20-16-21(29)17-26(20)28(5,30-6)25(22)14-15-27(23,24)4/h18-20,22-26H,7-17H2,1-6H3/t19-,20-,22+,23-,24+,25+,26+,27-,28+/m1/s1/i16D,17D2/t16-,19-,20-,22+,23-,24+,25+,26+,27-,28+. The van der Waals surface area contributed by atoms with Crippen LogP contribution in [0.4, 0.5) is 0 Å². The van der Waals surface area contributed by atoms with E-state index in [9.17, 15) is 4.79 Å². The maximum absolute atomic E-state index is 12.7. The third kappa shape index (κ3) is 3.71. The van der Waals surface area contributed by atoms with Crippen molar-refractivity contribution < 1.29 is 13.6 Å². The van der Waals surface area contributed by atoms with Crippen molar-refractivity contribution in [3.05, 3.63) is 0 Å². The summed E-state index contributed by atoms with van der Waals surface area (Å²) in [5.41, 5.74) is -0.315. The fraction of sp³-hybridized carbons (Fsp3) is 0.964. The topological polar surface area (TPSA) is 26.3 Å². The van der Waals surface area contributed by atoms with Gasteiger partial charge in [0.25, 0.3) is 0 Å². The zero-order chi connectivity index (χ0) is 24.3. The van der Waals surface area contributed by atoms with Gasteiger partial charge in [-0.3, -0.25) is 4.79 Å². The summed E-state index contributed by atoms with van der Waals surface area (Å²) in [5.74, 6) is 2.54. The molecular weight excluding hydrogens is 368 g/mol. The lowest BCUT2D eigenvalue weighted by molar-refractivity contribution is -0.142. The van der Waals surface area contributed by atoms with Crippen molar-refractivity contribution in [2.24, 2.45) is 52.8 Å². The lowest BCUT2D eigenvalue weighted by atomic mass is 9.53. The molecule has 30 heavy (non-hydrogen) atoms. The highest BCUT2D eigenvalue weighted by Crippen LogP contribution is 2.66. The van der Waals surface area contributed by atoms with Gasteiger partial charge in [-0.2, -0.15) is 0 Å². The summed E-state index contributed by atoms with van der Waals surface area (Å²) in [6.45, 7) is 11.8. The van der Waals surface area contributed by atoms with Crippen LogP contribution in [0.2, 0.25) is 0 Å². The van der Waals surface area contributed by atoms with E-state index in [1.807, 2.05) is 0 Å². The summed E-state index contributed by atoms with van der Waals surface area (Å²) in [7, 11) is 1.72. The van der Waals surface area contributed by atoms with Crippen LogP contribution in [0.15, 0.2) is 0 Å². The molecule has 4 aliphatic carbocycles. The van der Waals surface area contributed by atoms with E-state index in [4.69, 9.17) is 8.85 Å². The smallest absolute Gasteiger partial charge is 0.133 e. The Kier molecular flexibility index (Phi) is 5.44. The Morgan fingerprint density at radius 3 is 2.50 bits per heavy atom. The van der Waals surface area contributed by atoms with Gasteiger partial charge in [0, 0.05) is 24.0 Å². The normalized spacial score (nSPS) is 52.6. The fourth-order valence-corrected chi connectivity index (χ4v) is 8.74. The number of carbonyl (C=O) groups excluding carboxylic acids is 1. The minimum Gasteiger partial charge on any atom is -0.378 e. The molecule has 0 unspecified atom stereocenters. The van der Waals surface area contributed by atoms with Gasteiger partial charge >= 0.3 is 0 Å². The lowest BCUT2D eigenvalue weighted by Gasteiger charge is -2.54. The number of rotatable bonds is 6. The highest BCUT2D eigenvalue weighted by molar-refractivity contribution is 5.81. The highest BCUT2D eigenvalue weighted by atomic mass is 16.5. The molecule has 4 fully saturated rings. The van der Waals surface area contributed by atoms with Gasteiger partial charge in [0.2, 0.25) is 0 Å². The van der Waals surface area contributed by atoms with Crippen LogP contribution in [0.1, 0.15) is 109 Å². The van der Waals surface area contributed by atoms with Crippen molar-refractivity contribution in [2.75, 3.05) is 7.11 Å². The zero-order valence-corrected chi connectivity index (χ0v) is 20.4. The number of ether oxygens (including phenoxy) is 1. The lowest BCUT2D eigenvalue weighted by Crippen LogP contribution is -2.53. The molecule has 0 aromatic carbocycles. The highest BCUT2D eigenvalue weighted by Gasteiger charge is 2.61. The van der Waals surface area contributed by atoms with Gasteiger partial charge in [-0.25, -0.2) is 0 Å². The van der Waals surface area contributed by atoms with Crippen molar-refractivity contribution in [1.29, 1.82) is 0 Å². The predicted molar refractivity (Wildman–Crippen MR) is 124 cm³/mol. The Hall–Kier alpha value is -0.370. The quantitative estimate of drug-likeness (QED) is 0.451. The molecule has 0 amide bonds. The van der Waals surface area contributed by atoms with Crippen LogP contribution in [0.3, 0.4) is 0 Å². The zero-order valence-electron chi connectivity index (χ0n) is 23.4. The molecule has 2 heteroatoms. The second kappa shape index (κ2) is 8.53. The van der Waals surface area contributed by atoms with Gasteiger partial charge in [-0.05, 0) is 98.2 Å². The summed E-state index contributed by atoms with van der Waals surface area (Å²) in [5, 5.41) is 0. The van der Waals surface area contributed by atoms with Gasteiger partial charge in [0.05, 0.1) is 5.60 Å². The first-order valence-electron chi connectivity index (χ1n) is 14.5.